The van der Waals surface area contributed by atoms with Gasteiger partial charge < -0.3 is 92.2 Å². The molecule has 90 heavy (non-hydrogen) atoms. The Bertz CT molecular complexity index is 2920. The maximum atomic E-state index is 9.95. The molecule has 6 atom stereocenters. The third-order valence-electron chi connectivity index (χ3n) is 7.87. The van der Waals surface area contributed by atoms with Crippen LogP contribution in [0.1, 0.15) is 0 Å². The Morgan fingerprint density at radius 2 is 0.367 bits per heavy atom. The number of halogens is 6. The zero-order valence-electron chi connectivity index (χ0n) is 46.5. The second kappa shape index (κ2) is 56.2. The van der Waals surface area contributed by atoms with Gasteiger partial charge in [0.1, 0.15) is 0 Å². The fourth-order valence-electron chi connectivity index (χ4n) is 4.66. The molecule has 0 fully saturated rings. The average Bonchev–Trinajstić information content (AvgIpc) is 3.69. The van der Waals surface area contributed by atoms with Gasteiger partial charge in [0, 0.05) is 107 Å². The van der Waals surface area contributed by atoms with E-state index in [4.69, 9.17) is 152 Å². The second-order valence-corrected chi connectivity index (χ2v) is 16.0. The lowest BCUT2D eigenvalue weighted by molar-refractivity contribution is -0.175. The summed E-state index contributed by atoms with van der Waals surface area (Å²) in [5, 5.41) is 50.7. The van der Waals surface area contributed by atoms with Crippen LogP contribution in [0.3, 0.4) is 0 Å². The molecule has 0 aromatic heterocycles. The quantitative estimate of drug-likeness (QED) is 0.0390. The fraction of sp³-hybridized carbons (Fsp3) is 0.143. The highest BCUT2D eigenvalue weighted by atomic mass is 31.2. The molecule has 36 nitrogen and oxygen atoms in total. The monoisotopic (exact) mass is 1390 g/mol. The highest BCUT2D eigenvalue weighted by Crippen LogP contribution is 2.33. The lowest BCUT2D eigenvalue weighted by Crippen LogP contribution is -1.87. The molecule has 0 aliphatic heterocycles. The maximum absolute atomic E-state index is 9.95. The third kappa shape index (κ3) is 54.1. The van der Waals surface area contributed by atoms with E-state index in [9.17, 15) is 25.2 Å². The van der Waals surface area contributed by atoms with Gasteiger partial charge in [-0.25, -0.2) is 0 Å². The number of rotatable bonds is 6. The van der Waals surface area contributed by atoms with E-state index in [1.54, 1.807) is 109 Å². The van der Waals surface area contributed by atoms with Gasteiger partial charge in [0.2, 0.25) is 66.9 Å². The first-order chi connectivity index (χ1) is 42.0. The van der Waals surface area contributed by atoms with Crippen molar-refractivity contribution in [1.82, 2.24) is 0 Å². The number of hydrogen-bond donors (Lipinski definition) is 6. The molecule has 6 aromatic carbocycles. The van der Waals surface area contributed by atoms with Crippen molar-refractivity contribution in [2.45, 2.75) is 0 Å². The molecule has 12 N–H and O–H groups in total. The molecule has 0 saturated carbocycles. The van der Waals surface area contributed by atoms with Crippen LogP contribution in [0.4, 0.5) is 93.4 Å². The summed E-state index contributed by atoms with van der Waals surface area (Å²) in [6.45, 7) is 0. The summed E-state index contributed by atoms with van der Waals surface area (Å²) in [6, 6.07) is 28.8. The highest BCUT2D eigenvalue weighted by Gasteiger charge is 2.17. The molecular formula is C42H48F6N18O18P6+6. The van der Waals surface area contributed by atoms with Gasteiger partial charge in [-0.3, -0.25) is 0 Å². The first kappa shape index (κ1) is 90.6. The Morgan fingerprint density at radius 1 is 0.278 bits per heavy atom. The lowest BCUT2D eigenvalue weighted by atomic mass is 10.2. The van der Waals surface area contributed by atoms with Crippen LogP contribution >= 0.6 is 50.0 Å². The van der Waals surface area contributed by atoms with Crippen molar-refractivity contribution in [3.8, 4) is 34.5 Å². The van der Waals surface area contributed by atoms with Crippen LogP contribution in [0.15, 0.2) is 109 Å². The zero-order chi connectivity index (χ0) is 71.1. The highest BCUT2D eigenvalue weighted by molar-refractivity contribution is 7.30. The van der Waals surface area contributed by atoms with E-state index in [1.807, 2.05) is 0 Å². The molecule has 0 aliphatic rings. The van der Waals surface area contributed by atoms with Gasteiger partial charge in [0.25, 0.3) is 0 Å². The second-order valence-electron chi connectivity index (χ2n) is 13.5. The number of ether oxygens (including phenoxy) is 6. The van der Waals surface area contributed by atoms with E-state index in [0.29, 0.717) is 103 Å². The SMILES string of the molecule is COc1cc(N)ccc1[N+]#N.COc1cc(N)ccc1[N+]#N.COc1cc(N)ccc1[N+]#N.COc1cc(N)ccc1[N+]#N.COc1cc(N)ccc1[N+]#N.COc1cc(N)ccc1[N+]#N.O=[P+]([O-])F.O=[P+]([O-])F.O=[P+]([O-])F.O=[P+]([O-])F.O=[P+]([O-])F.O=[P+]([O-])F. The first-order valence-corrected chi connectivity index (χ1v) is 28.0. The molecule has 480 valence electrons. The van der Waals surface area contributed by atoms with E-state index in [1.165, 1.54) is 42.7 Å². The number of anilines is 6. The minimum Gasteiger partial charge on any atom is -0.562 e. The van der Waals surface area contributed by atoms with E-state index in [-0.39, 0.29) is 0 Å². The number of nitrogens with two attached hydrogens (primary N) is 6. The summed E-state index contributed by atoms with van der Waals surface area (Å²) >= 11 is 0. The van der Waals surface area contributed by atoms with Gasteiger partial charge in [-0.05, 0) is 63.8 Å². The Kier molecular flexibility index (Phi) is 56.6. The Balaban J connectivity index is -0.000000219. The van der Waals surface area contributed by atoms with Crippen LogP contribution in [-0.2, 0) is 27.4 Å². The van der Waals surface area contributed by atoms with Gasteiger partial charge in [-0.1, -0.05) is 0 Å². The molecule has 6 rings (SSSR count). The predicted molar refractivity (Wildman–Crippen MR) is 305 cm³/mol. The van der Waals surface area contributed by atoms with Crippen LogP contribution in [-0.4, -0.2) is 42.7 Å². The molecule has 0 amide bonds. The van der Waals surface area contributed by atoms with Crippen molar-refractivity contribution in [2.75, 3.05) is 77.1 Å². The van der Waals surface area contributed by atoms with Crippen molar-refractivity contribution in [2.24, 2.45) is 0 Å². The number of benzene rings is 6. The van der Waals surface area contributed by atoms with Crippen LogP contribution in [0.5, 0.6) is 34.5 Å². The van der Waals surface area contributed by atoms with Crippen molar-refractivity contribution >= 4 is 118 Å². The number of hydrogen-bond acceptors (Lipinski definition) is 30. The number of nitrogen functional groups attached to an aromatic ring is 6. The molecular weight excluding hydrogens is 1340 g/mol. The summed E-state index contributed by atoms with van der Waals surface area (Å²) in [6.07, 6.45) is 0. The Labute approximate surface area is 510 Å². The first-order valence-electron chi connectivity index (χ1n) is 21.6. The van der Waals surface area contributed by atoms with Crippen molar-refractivity contribution < 1.29 is 110 Å². The summed E-state index contributed by atoms with van der Waals surface area (Å²) in [4.78, 5) is 68.2. The molecule has 48 heteroatoms. The number of diazo groups is 6. The van der Waals surface area contributed by atoms with E-state index < -0.39 is 50.0 Å². The van der Waals surface area contributed by atoms with Crippen LogP contribution < -0.4 is 92.2 Å². The Morgan fingerprint density at radius 3 is 0.433 bits per heavy atom. The van der Waals surface area contributed by atoms with Gasteiger partial charge in [0.15, 0.2) is 29.9 Å². The average molecular weight is 1390 g/mol. The molecule has 0 heterocycles. The van der Waals surface area contributed by atoms with E-state index in [0.717, 1.165) is 0 Å². The maximum Gasteiger partial charge on any atom is 0.540 e. The van der Waals surface area contributed by atoms with Gasteiger partial charge in [0.05, 0.1) is 67.8 Å². The number of nitrogens with zero attached hydrogens (tertiary/aromatic N) is 12. The minimum absolute atomic E-state index is 0.377. The molecule has 6 aromatic rings. The van der Waals surface area contributed by atoms with Crippen LogP contribution in [0.2, 0.25) is 0 Å². The van der Waals surface area contributed by atoms with Crippen LogP contribution in [0.25, 0.3) is 29.9 Å². The lowest BCUT2D eigenvalue weighted by Gasteiger charge is -1.95. The molecule has 6 unspecified atom stereocenters. The van der Waals surface area contributed by atoms with Crippen LogP contribution in [0, 0.1) is 32.4 Å². The summed E-state index contributed by atoms with van der Waals surface area (Å²) < 4.78 is 139. The fourth-order valence-corrected chi connectivity index (χ4v) is 4.66. The number of methoxy groups -OCH3 is 6. The predicted octanol–water partition coefficient (Wildman–Crippen LogP) is 10.4. The molecule has 0 aliphatic carbocycles. The molecule has 0 saturated heterocycles. The van der Waals surface area contributed by atoms with Gasteiger partial charge in [-0.15, -0.1) is 0 Å². The van der Waals surface area contributed by atoms with E-state index in [2.05, 4.69) is 29.9 Å². The minimum atomic E-state index is -3.62. The topological polar surface area (TPSA) is 621 Å². The normalized spacial score (nSPS) is 9.33. The van der Waals surface area contributed by atoms with E-state index >= 15 is 0 Å². The summed E-state index contributed by atoms with van der Waals surface area (Å²) in [5.74, 6) is 2.79. The largest absolute Gasteiger partial charge is 0.562 e. The summed E-state index contributed by atoms with van der Waals surface area (Å²) in [5.41, 5.74) is 38.5. The Hall–Kier alpha value is -10.6. The molecule has 0 spiro atoms. The molecule has 0 radical (unpaired) electrons. The smallest absolute Gasteiger partial charge is 0.540 e. The van der Waals surface area contributed by atoms with Crippen molar-refractivity contribution in [1.29, 1.82) is 32.4 Å². The van der Waals surface area contributed by atoms with Crippen molar-refractivity contribution in [3.63, 3.8) is 0 Å². The van der Waals surface area contributed by atoms with Gasteiger partial charge in [-0.2, -0.15) is 0 Å². The standard InChI is InChI=1S/6C7H8N3O.6FO2P/c6*1-11-7-4-5(8)2-3-6(7)10-9;6*1-4(2)3/h6*2-4H,8H2,1H3;;;;;;/q6*+1;;;;;;. The summed E-state index contributed by atoms with van der Waals surface area (Å²) in [7, 11) is -12.8. The van der Waals surface area contributed by atoms with Gasteiger partial charge >= 0.3 is 84.2 Å². The third-order valence-corrected chi connectivity index (χ3v) is 7.87. The molecule has 0 bridgehead atoms. The van der Waals surface area contributed by atoms with Crippen molar-refractivity contribution in [3.05, 3.63) is 139 Å². The zero-order valence-corrected chi connectivity index (χ0v) is 51.9.